The zero-order valence-corrected chi connectivity index (χ0v) is 14.1. The molecule has 21 heavy (non-hydrogen) atoms. The summed E-state index contributed by atoms with van der Waals surface area (Å²) in [7, 11) is -2.94. The van der Waals surface area contributed by atoms with Gasteiger partial charge >= 0.3 is 0 Å². The molecule has 1 aliphatic rings. The molecule has 1 fully saturated rings. The highest BCUT2D eigenvalue weighted by Gasteiger charge is 2.24. The minimum absolute atomic E-state index is 0.158. The Kier molecular flexibility index (Phi) is 6.08. The van der Waals surface area contributed by atoms with E-state index < -0.39 is 9.84 Å². The molecule has 3 nitrogen and oxygen atoms in total. The average Bonchev–Trinajstić information content (AvgIpc) is 3.24. The van der Waals surface area contributed by atoms with Crippen LogP contribution in [-0.2, 0) is 9.84 Å². The first-order valence-electron chi connectivity index (χ1n) is 7.70. The second-order valence-electron chi connectivity index (χ2n) is 5.84. The van der Waals surface area contributed by atoms with Crippen molar-refractivity contribution in [1.29, 1.82) is 0 Å². The third-order valence-electron chi connectivity index (χ3n) is 3.87. The Balaban J connectivity index is 2.03. The van der Waals surface area contributed by atoms with E-state index in [0.717, 1.165) is 17.1 Å². The van der Waals surface area contributed by atoms with Crippen LogP contribution in [0.4, 0.5) is 0 Å². The molecule has 1 N–H and O–H groups in total. The summed E-state index contributed by atoms with van der Waals surface area (Å²) in [5.41, 5.74) is 1.05. The van der Waals surface area contributed by atoms with Gasteiger partial charge in [-0.3, -0.25) is 0 Å². The van der Waals surface area contributed by atoms with E-state index in [1.807, 2.05) is 31.2 Å². The number of nitrogens with one attached hydrogen (secondary N) is 1. The van der Waals surface area contributed by atoms with Gasteiger partial charge in [-0.1, -0.05) is 36.7 Å². The predicted octanol–water partition coefficient (Wildman–Crippen LogP) is 3.39. The Labute approximate surface area is 133 Å². The van der Waals surface area contributed by atoms with Gasteiger partial charge in [-0.25, -0.2) is 8.42 Å². The lowest BCUT2D eigenvalue weighted by Gasteiger charge is -2.19. The fourth-order valence-corrected chi connectivity index (χ4v) is 4.26. The van der Waals surface area contributed by atoms with Gasteiger partial charge in [0.2, 0.25) is 0 Å². The van der Waals surface area contributed by atoms with Gasteiger partial charge in [-0.15, -0.1) is 0 Å². The maximum atomic E-state index is 11.9. The van der Waals surface area contributed by atoms with E-state index in [1.54, 1.807) is 0 Å². The summed E-state index contributed by atoms with van der Waals surface area (Å²) >= 11 is 6.28. The molecule has 118 valence electrons. The Morgan fingerprint density at radius 2 is 2.00 bits per heavy atom. The maximum absolute atomic E-state index is 11.9. The molecule has 1 aromatic carbocycles. The Morgan fingerprint density at radius 3 is 2.62 bits per heavy atom. The number of halogens is 1. The molecule has 0 aromatic heterocycles. The van der Waals surface area contributed by atoms with Gasteiger partial charge in [0.15, 0.2) is 0 Å². The Morgan fingerprint density at radius 1 is 1.29 bits per heavy atom. The summed E-state index contributed by atoms with van der Waals surface area (Å²) < 4.78 is 23.9. The first-order valence-corrected chi connectivity index (χ1v) is 9.90. The van der Waals surface area contributed by atoms with Gasteiger partial charge in [0.05, 0.1) is 5.75 Å². The van der Waals surface area contributed by atoms with E-state index in [4.69, 9.17) is 11.6 Å². The van der Waals surface area contributed by atoms with Gasteiger partial charge in [0.25, 0.3) is 0 Å². The van der Waals surface area contributed by atoms with Gasteiger partial charge in [0.1, 0.15) is 9.84 Å². The zero-order chi connectivity index (χ0) is 15.3. The number of sulfone groups is 1. The highest BCUT2D eigenvalue weighted by atomic mass is 35.5. The van der Waals surface area contributed by atoms with E-state index in [9.17, 15) is 8.42 Å². The molecule has 1 saturated carbocycles. The molecule has 0 radical (unpaired) electrons. The topological polar surface area (TPSA) is 46.2 Å². The third-order valence-corrected chi connectivity index (χ3v) is 6.10. The standard InChI is InChI=1S/C16H24ClNO2S/c1-2-10-21(19,20)11-9-13(12-18-14-7-8-14)15-5-3-4-6-16(15)17/h3-6,13-14,18H,2,7-12H2,1H3. The molecule has 2 rings (SSSR count). The van der Waals surface area contributed by atoms with Crippen LogP contribution in [-0.4, -0.2) is 32.5 Å². The van der Waals surface area contributed by atoms with Gasteiger partial charge in [0, 0.05) is 23.4 Å². The van der Waals surface area contributed by atoms with Crippen molar-refractivity contribution in [2.45, 2.75) is 44.6 Å². The van der Waals surface area contributed by atoms with Crippen molar-refractivity contribution < 1.29 is 8.42 Å². The van der Waals surface area contributed by atoms with Crippen LogP contribution in [0.1, 0.15) is 44.1 Å². The summed E-state index contributed by atoms with van der Waals surface area (Å²) in [4.78, 5) is 0. The van der Waals surface area contributed by atoms with Crippen molar-refractivity contribution >= 4 is 21.4 Å². The molecule has 1 aromatic rings. The summed E-state index contributed by atoms with van der Waals surface area (Å²) in [6.45, 7) is 2.70. The minimum atomic E-state index is -2.94. The molecule has 0 aliphatic heterocycles. The number of hydrogen-bond donors (Lipinski definition) is 1. The maximum Gasteiger partial charge on any atom is 0.150 e. The number of hydrogen-bond acceptors (Lipinski definition) is 3. The van der Waals surface area contributed by atoms with Crippen LogP contribution < -0.4 is 5.32 Å². The first-order chi connectivity index (χ1) is 10.0. The summed E-state index contributed by atoms with van der Waals surface area (Å²) in [5, 5.41) is 4.23. The van der Waals surface area contributed by atoms with Crippen molar-refractivity contribution in [3.63, 3.8) is 0 Å². The van der Waals surface area contributed by atoms with Crippen LogP contribution in [0.5, 0.6) is 0 Å². The lowest BCUT2D eigenvalue weighted by molar-refractivity contribution is 0.554. The first kappa shape index (κ1) is 16.8. The van der Waals surface area contributed by atoms with Crippen LogP contribution in [0.3, 0.4) is 0 Å². The van der Waals surface area contributed by atoms with Crippen LogP contribution in [0.25, 0.3) is 0 Å². The van der Waals surface area contributed by atoms with Gasteiger partial charge < -0.3 is 5.32 Å². The van der Waals surface area contributed by atoms with E-state index in [-0.39, 0.29) is 17.4 Å². The van der Waals surface area contributed by atoms with E-state index in [1.165, 1.54) is 12.8 Å². The van der Waals surface area contributed by atoms with Crippen molar-refractivity contribution in [2.75, 3.05) is 18.1 Å². The zero-order valence-electron chi connectivity index (χ0n) is 12.5. The molecule has 1 atom stereocenters. The lowest BCUT2D eigenvalue weighted by atomic mass is 9.96. The van der Waals surface area contributed by atoms with Crippen LogP contribution in [0, 0.1) is 0 Å². The summed E-state index contributed by atoms with van der Waals surface area (Å²) in [6, 6.07) is 8.37. The Hall–Kier alpha value is -0.580. The summed E-state index contributed by atoms with van der Waals surface area (Å²) in [5.74, 6) is 0.674. The van der Waals surface area contributed by atoms with Crippen LogP contribution in [0.2, 0.25) is 5.02 Å². The Bertz CT molecular complexity index is 555. The predicted molar refractivity (Wildman–Crippen MR) is 88.8 cm³/mol. The molecule has 0 spiro atoms. The molecule has 1 unspecified atom stereocenters. The lowest BCUT2D eigenvalue weighted by Crippen LogP contribution is -2.25. The van der Waals surface area contributed by atoms with Crippen molar-refractivity contribution in [2.24, 2.45) is 0 Å². The largest absolute Gasteiger partial charge is 0.313 e. The minimum Gasteiger partial charge on any atom is -0.313 e. The van der Waals surface area contributed by atoms with E-state index in [2.05, 4.69) is 5.32 Å². The fraction of sp³-hybridized carbons (Fsp3) is 0.625. The van der Waals surface area contributed by atoms with Gasteiger partial charge in [-0.05, 0) is 43.2 Å². The van der Waals surface area contributed by atoms with E-state index in [0.29, 0.717) is 18.9 Å². The smallest absolute Gasteiger partial charge is 0.150 e. The second kappa shape index (κ2) is 7.61. The van der Waals surface area contributed by atoms with Crippen molar-refractivity contribution in [1.82, 2.24) is 5.32 Å². The van der Waals surface area contributed by atoms with Crippen molar-refractivity contribution in [3.8, 4) is 0 Å². The molecule has 0 saturated heterocycles. The molecule has 0 heterocycles. The molecule has 0 amide bonds. The SMILES string of the molecule is CCCS(=O)(=O)CCC(CNC1CC1)c1ccccc1Cl. The molecule has 5 heteroatoms. The van der Waals surface area contributed by atoms with Crippen LogP contribution in [0.15, 0.2) is 24.3 Å². The third kappa shape index (κ3) is 5.61. The van der Waals surface area contributed by atoms with Crippen molar-refractivity contribution in [3.05, 3.63) is 34.9 Å². The van der Waals surface area contributed by atoms with Gasteiger partial charge in [-0.2, -0.15) is 0 Å². The normalized spacial score (nSPS) is 16.9. The molecule has 1 aliphatic carbocycles. The molecular weight excluding hydrogens is 306 g/mol. The second-order valence-corrected chi connectivity index (χ2v) is 8.55. The quantitative estimate of drug-likeness (QED) is 0.755. The fourth-order valence-electron chi connectivity index (χ4n) is 2.50. The highest BCUT2D eigenvalue weighted by molar-refractivity contribution is 7.91. The molecular formula is C16H24ClNO2S. The average molecular weight is 330 g/mol. The highest BCUT2D eigenvalue weighted by Crippen LogP contribution is 2.28. The molecule has 0 bridgehead atoms. The van der Waals surface area contributed by atoms with E-state index >= 15 is 0 Å². The summed E-state index contributed by atoms with van der Waals surface area (Å²) in [6.07, 6.45) is 3.76. The number of benzene rings is 1. The monoisotopic (exact) mass is 329 g/mol. The van der Waals surface area contributed by atoms with Crippen LogP contribution >= 0.6 is 11.6 Å². The number of rotatable bonds is 9.